The maximum absolute atomic E-state index is 12.9. The molecule has 1 saturated heterocycles. The Hall–Kier alpha value is -3.34. The summed E-state index contributed by atoms with van der Waals surface area (Å²) >= 11 is 6.48. The van der Waals surface area contributed by atoms with Crippen LogP contribution >= 0.6 is 11.6 Å². The molecule has 1 atom stereocenters. The van der Waals surface area contributed by atoms with Crippen molar-refractivity contribution in [1.82, 2.24) is 9.78 Å². The number of benzene rings is 2. The average molecular weight is 525 g/mol. The molecular formula is C26H30BClN4O5. The number of halogens is 1. The highest BCUT2D eigenvalue weighted by Crippen LogP contribution is 2.37. The second-order valence-corrected chi connectivity index (χ2v) is 10.6. The molecular weight excluding hydrogens is 495 g/mol. The molecule has 0 bridgehead atoms. The van der Waals surface area contributed by atoms with Crippen LogP contribution in [0.5, 0.6) is 0 Å². The maximum Gasteiger partial charge on any atom is 0.494 e. The van der Waals surface area contributed by atoms with Crippen molar-refractivity contribution in [3.8, 4) is 5.69 Å². The number of carbonyl (C=O) groups excluding carboxylic acids is 1. The Morgan fingerprint density at radius 3 is 2.22 bits per heavy atom. The monoisotopic (exact) mass is 524 g/mol. The second kappa shape index (κ2) is 9.85. The highest BCUT2D eigenvalue weighted by Gasteiger charge is 2.51. The summed E-state index contributed by atoms with van der Waals surface area (Å²) in [6.07, 6.45) is 0. The molecule has 2 aromatic carbocycles. The highest BCUT2D eigenvalue weighted by molar-refractivity contribution is 6.62. The number of hydrogen-bond donors (Lipinski definition) is 3. The molecule has 0 spiro atoms. The second-order valence-electron chi connectivity index (χ2n) is 10.2. The number of carboxylic acids is 1. The van der Waals surface area contributed by atoms with Crippen LogP contribution in [-0.4, -0.2) is 45.2 Å². The number of hydrogen-bond acceptors (Lipinski definition) is 5. The van der Waals surface area contributed by atoms with Gasteiger partial charge in [0.05, 0.1) is 39.2 Å². The number of nitrogens with one attached hydrogen (secondary N) is 2. The van der Waals surface area contributed by atoms with Gasteiger partial charge in [-0.15, -0.1) is 0 Å². The highest BCUT2D eigenvalue weighted by atomic mass is 35.5. The Morgan fingerprint density at radius 2 is 1.65 bits per heavy atom. The van der Waals surface area contributed by atoms with Crippen molar-refractivity contribution in [2.75, 3.05) is 10.6 Å². The Kier molecular flexibility index (Phi) is 7.11. The van der Waals surface area contributed by atoms with Crippen molar-refractivity contribution in [2.45, 2.75) is 58.7 Å². The van der Waals surface area contributed by atoms with Gasteiger partial charge < -0.3 is 19.7 Å². The fourth-order valence-electron chi connectivity index (χ4n) is 3.74. The molecule has 0 saturated carbocycles. The van der Waals surface area contributed by atoms with Crippen LogP contribution in [0.25, 0.3) is 5.69 Å². The molecule has 0 aliphatic carbocycles. The van der Waals surface area contributed by atoms with Crippen molar-refractivity contribution in [2.24, 2.45) is 0 Å². The van der Waals surface area contributed by atoms with E-state index < -0.39 is 36.2 Å². The molecule has 1 aliphatic heterocycles. The van der Waals surface area contributed by atoms with E-state index in [0.717, 1.165) is 11.0 Å². The lowest BCUT2D eigenvalue weighted by molar-refractivity contribution is -0.138. The van der Waals surface area contributed by atoms with Crippen LogP contribution in [0, 0.1) is 6.92 Å². The fourth-order valence-corrected chi connectivity index (χ4v) is 3.97. The van der Waals surface area contributed by atoms with Crippen molar-refractivity contribution in [1.29, 1.82) is 0 Å². The van der Waals surface area contributed by atoms with E-state index in [-0.39, 0.29) is 0 Å². The zero-order valence-electron chi connectivity index (χ0n) is 21.6. The molecule has 2 heterocycles. The van der Waals surface area contributed by atoms with Crippen molar-refractivity contribution in [3.63, 3.8) is 0 Å². The lowest BCUT2D eigenvalue weighted by Crippen LogP contribution is -2.41. The first-order chi connectivity index (χ1) is 17.3. The molecule has 0 radical (unpaired) electrons. The van der Waals surface area contributed by atoms with Crippen molar-refractivity contribution < 1.29 is 24.0 Å². The molecule has 194 valence electrons. The molecule has 3 N–H and O–H groups in total. The molecule has 9 nitrogen and oxygen atoms in total. The van der Waals surface area contributed by atoms with Gasteiger partial charge in [0.15, 0.2) is 0 Å². The molecule has 1 aromatic heterocycles. The summed E-state index contributed by atoms with van der Waals surface area (Å²) in [6, 6.07) is 13.6. The van der Waals surface area contributed by atoms with Gasteiger partial charge >= 0.3 is 19.1 Å². The number of amides is 2. The van der Waals surface area contributed by atoms with Gasteiger partial charge in [0.2, 0.25) is 0 Å². The van der Waals surface area contributed by atoms with Gasteiger partial charge in [-0.25, -0.2) is 9.48 Å². The Bertz CT molecular complexity index is 1320. The number of nitrogens with zero attached hydrogens (tertiary/aromatic N) is 2. The molecule has 2 amide bonds. The number of anilines is 2. The summed E-state index contributed by atoms with van der Waals surface area (Å²) in [6.45, 7) is 11.4. The molecule has 3 aromatic rings. The average Bonchev–Trinajstić information content (AvgIpc) is 3.32. The molecule has 11 heteroatoms. The number of urea groups is 1. The first kappa shape index (κ1) is 26.7. The minimum atomic E-state index is -1.02. The number of aryl methyl sites for hydroxylation is 1. The largest absolute Gasteiger partial charge is 0.494 e. The van der Waals surface area contributed by atoms with Gasteiger partial charge in [-0.1, -0.05) is 35.4 Å². The van der Waals surface area contributed by atoms with Crippen LogP contribution in [0.2, 0.25) is 5.02 Å². The van der Waals surface area contributed by atoms with Gasteiger partial charge in [0, 0.05) is 6.07 Å². The topological polar surface area (TPSA) is 115 Å². The van der Waals surface area contributed by atoms with Gasteiger partial charge in [-0.2, -0.15) is 5.10 Å². The van der Waals surface area contributed by atoms with Crippen molar-refractivity contribution in [3.05, 3.63) is 64.8 Å². The van der Waals surface area contributed by atoms with Crippen LogP contribution in [0.1, 0.15) is 51.8 Å². The third-order valence-electron chi connectivity index (χ3n) is 6.83. The summed E-state index contributed by atoms with van der Waals surface area (Å²) in [5.74, 6) is -1.56. The van der Waals surface area contributed by atoms with Gasteiger partial charge in [0.1, 0.15) is 5.82 Å². The quantitative estimate of drug-likeness (QED) is 0.392. The minimum Gasteiger partial charge on any atom is -0.481 e. The van der Waals surface area contributed by atoms with E-state index in [1.807, 2.05) is 58.9 Å². The van der Waals surface area contributed by atoms with Crippen LogP contribution in [0.4, 0.5) is 16.3 Å². The van der Waals surface area contributed by atoms with E-state index in [9.17, 15) is 14.7 Å². The van der Waals surface area contributed by atoms with E-state index in [0.29, 0.717) is 27.9 Å². The first-order valence-electron chi connectivity index (χ1n) is 11.9. The van der Waals surface area contributed by atoms with Crippen LogP contribution in [0.15, 0.2) is 48.5 Å². The number of aromatic nitrogens is 2. The minimum absolute atomic E-state index is 0.313. The molecule has 1 unspecified atom stereocenters. The fraction of sp³-hybridized carbons (Fsp3) is 0.346. The van der Waals surface area contributed by atoms with Crippen molar-refractivity contribution >= 4 is 47.7 Å². The van der Waals surface area contributed by atoms with Gasteiger partial charge in [-0.3, -0.25) is 10.1 Å². The molecule has 1 aliphatic rings. The van der Waals surface area contributed by atoms with E-state index in [1.165, 1.54) is 11.6 Å². The Labute approximate surface area is 221 Å². The maximum atomic E-state index is 12.9. The van der Waals surface area contributed by atoms with Crippen LogP contribution in [0.3, 0.4) is 0 Å². The number of aliphatic carboxylic acids is 1. The molecule has 4 rings (SSSR count). The summed E-state index contributed by atoms with van der Waals surface area (Å²) < 4.78 is 13.6. The third kappa shape index (κ3) is 5.51. The number of carbonyl (C=O) groups is 2. The van der Waals surface area contributed by atoms with E-state index >= 15 is 0 Å². The van der Waals surface area contributed by atoms with E-state index in [4.69, 9.17) is 20.9 Å². The zero-order chi connectivity index (χ0) is 27.1. The molecule has 1 fully saturated rings. The third-order valence-corrected chi connectivity index (χ3v) is 7.14. The van der Waals surface area contributed by atoms with Crippen LogP contribution in [-0.2, 0) is 14.1 Å². The Balaban J connectivity index is 1.53. The summed E-state index contributed by atoms with van der Waals surface area (Å²) in [5, 5.41) is 19.7. The molecule has 37 heavy (non-hydrogen) atoms. The smallest absolute Gasteiger partial charge is 0.481 e. The predicted molar refractivity (Wildman–Crippen MR) is 144 cm³/mol. The first-order valence-corrected chi connectivity index (χ1v) is 12.3. The zero-order valence-corrected chi connectivity index (χ0v) is 22.4. The lowest BCUT2D eigenvalue weighted by Gasteiger charge is -2.32. The predicted octanol–water partition coefficient (Wildman–Crippen LogP) is 4.97. The summed E-state index contributed by atoms with van der Waals surface area (Å²) in [5.41, 5.74) is 2.19. The summed E-state index contributed by atoms with van der Waals surface area (Å²) in [7, 11) is -0.580. The normalized spacial score (nSPS) is 16.9. The lowest BCUT2D eigenvalue weighted by atomic mass is 9.79. The summed E-state index contributed by atoms with van der Waals surface area (Å²) in [4.78, 5) is 24.4. The standard InChI is InChI=1S/C26H30BClN4O5/c1-15-7-10-18(11-8-15)32-22(14-21(31-32)16(2)23(33)34)30-24(35)29-20-12-9-17(13-19(20)28)27-36-25(3,4)26(5,6)37-27/h7-14,16H,1-6H3,(H,33,34)(H2,29,30,35). The van der Waals surface area contributed by atoms with E-state index in [1.54, 1.807) is 24.3 Å². The number of rotatable bonds is 6. The van der Waals surface area contributed by atoms with Gasteiger partial charge in [-0.05, 0) is 71.3 Å². The number of carboxylic acid groups (broad SMARTS) is 1. The SMILES string of the molecule is Cc1ccc(-n2nc(C(C)C(=O)O)cc2NC(=O)Nc2ccc(B3OC(C)(C)C(C)(C)O3)cc2Cl)cc1. The van der Waals surface area contributed by atoms with Crippen LogP contribution < -0.4 is 16.1 Å². The van der Waals surface area contributed by atoms with Gasteiger partial charge in [0.25, 0.3) is 0 Å². The van der Waals surface area contributed by atoms with E-state index in [2.05, 4.69) is 15.7 Å². The Morgan fingerprint density at radius 1 is 1.03 bits per heavy atom.